The maximum Gasteiger partial charge on any atom is 0.322 e. The van der Waals surface area contributed by atoms with Crippen molar-refractivity contribution in [3.63, 3.8) is 0 Å². The summed E-state index contributed by atoms with van der Waals surface area (Å²) in [5, 5.41) is 10.8. The van der Waals surface area contributed by atoms with Crippen LogP contribution in [0.15, 0.2) is 84.0 Å². The standard InChI is InChI=1S/C26H20N6O2/c33-25-22(17-3-6-23-18(11-17)8-10-28-23)12-24(30-31-25)16-1-4-21(5-2-16)29-26(34)32-14-19-7-9-27-13-20(19)15-32/h1-13,28H,14-15H2,(H,29,34)(H,31,33). The second-order valence-corrected chi connectivity index (χ2v) is 8.28. The molecular weight excluding hydrogens is 428 g/mol. The lowest BCUT2D eigenvalue weighted by Crippen LogP contribution is -2.30. The van der Waals surface area contributed by atoms with Crippen LogP contribution in [0.1, 0.15) is 11.1 Å². The van der Waals surface area contributed by atoms with Crippen molar-refractivity contribution in [1.29, 1.82) is 0 Å². The monoisotopic (exact) mass is 448 g/mol. The summed E-state index contributed by atoms with van der Waals surface area (Å²) < 4.78 is 0. The molecule has 2 amide bonds. The van der Waals surface area contributed by atoms with Crippen molar-refractivity contribution in [2.45, 2.75) is 13.1 Å². The Kier molecular flexibility index (Phi) is 4.69. The Bertz CT molecular complexity index is 1560. The third-order valence-corrected chi connectivity index (χ3v) is 6.11. The van der Waals surface area contributed by atoms with Crippen LogP contribution in [0.2, 0.25) is 0 Å². The number of anilines is 1. The van der Waals surface area contributed by atoms with E-state index < -0.39 is 0 Å². The predicted octanol–water partition coefficient (Wildman–Crippen LogP) is 4.53. The second kappa shape index (κ2) is 8.00. The summed E-state index contributed by atoms with van der Waals surface area (Å²) in [6.45, 7) is 1.12. The minimum Gasteiger partial charge on any atom is -0.361 e. The van der Waals surface area contributed by atoms with E-state index in [-0.39, 0.29) is 11.6 Å². The zero-order valence-corrected chi connectivity index (χ0v) is 18.1. The molecule has 0 radical (unpaired) electrons. The lowest BCUT2D eigenvalue weighted by Gasteiger charge is -2.16. The van der Waals surface area contributed by atoms with Crippen LogP contribution in [0, 0.1) is 0 Å². The van der Waals surface area contributed by atoms with E-state index in [1.54, 1.807) is 23.4 Å². The molecule has 0 fully saturated rings. The third-order valence-electron chi connectivity index (χ3n) is 6.11. The Labute approximate surface area is 194 Å². The van der Waals surface area contributed by atoms with Crippen molar-refractivity contribution >= 4 is 22.6 Å². The van der Waals surface area contributed by atoms with Crippen molar-refractivity contribution in [2.24, 2.45) is 0 Å². The van der Waals surface area contributed by atoms with E-state index in [4.69, 9.17) is 0 Å². The van der Waals surface area contributed by atoms with Crippen LogP contribution in [0.5, 0.6) is 0 Å². The van der Waals surface area contributed by atoms with Crippen LogP contribution in [0.25, 0.3) is 33.3 Å². The summed E-state index contributed by atoms with van der Waals surface area (Å²) in [6.07, 6.45) is 5.42. The van der Waals surface area contributed by atoms with Gasteiger partial charge in [-0.05, 0) is 64.5 Å². The van der Waals surface area contributed by atoms with Gasteiger partial charge in [0.25, 0.3) is 5.56 Å². The minimum absolute atomic E-state index is 0.159. The summed E-state index contributed by atoms with van der Waals surface area (Å²) in [6, 6.07) is 18.8. The van der Waals surface area contributed by atoms with Gasteiger partial charge in [0.2, 0.25) is 0 Å². The SMILES string of the molecule is O=C(Nc1ccc(-c2cc(-c3ccc4[nH]ccc4c3)c(=O)[nH]n2)cc1)N1Cc2ccncc2C1. The van der Waals surface area contributed by atoms with Crippen LogP contribution < -0.4 is 10.9 Å². The number of aromatic nitrogens is 4. The lowest BCUT2D eigenvalue weighted by atomic mass is 10.0. The number of aromatic amines is 2. The van der Waals surface area contributed by atoms with Gasteiger partial charge in [-0.25, -0.2) is 9.89 Å². The zero-order chi connectivity index (χ0) is 23.1. The van der Waals surface area contributed by atoms with Crippen LogP contribution in [-0.2, 0) is 13.1 Å². The first-order valence-electron chi connectivity index (χ1n) is 10.9. The number of H-pyrrole nitrogens is 2. The second-order valence-electron chi connectivity index (χ2n) is 8.28. The number of nitrogens with zero attached hydrogens (tertiary/aromatic N) is 3. The molecule has 0 atom stereocenters. The summed E-state index contributed by atoms with van der Waals surface area (Å²) in [5.74, 6) is 0. The molecule has 5 aromatic rings. The molecule has 0 unspecified atom stereocenters. The van der Waals surface area contributed by atoms with Crippen molar-refractivity contribution in [3.8, 4) is 22.4 Å². The van der Waals surface area contributed by atoms with Gasteiger partial charge in [0.15, 0.2) is 0 Å². The molecule has 2 aromatic carbocycles. The van der Waals surface area contributed by atoms with E-state index in [2.05, 4.69) is 25.5 Å². The summed E-state index contributed by atoms with van der Waals surface area (Å²) >= 11 is 0. The molecular formula is C26H20N6O2. The number of pyridine rings is 1. The fourth-order valence-corrected chi connectivity index (χ4v) is 4.28. The van der Waals surface area contributed by atoms with E-state index in [9.17, 15) is 9.59 Å². The van der Waals surface area contributed by atoms with Gasteiger partial charge < -0.3 is 15.2 Å². The summed E-state index contributed by atoms with van der Waals surface area (Å²) in [4.78, 5) is 34.2. The minimum atomic E-state index is -0.246. The maximum atomic E-state index is 12.7. The van der Waals surface area contributed by atoms with E-state index in [1.165, 1.54) is 0 Å². The van der Waals surface area contributed by atoms with Gasteiger partial charge in [-0.1, -0.05) is 18.2 Å². The molecule has 8 heteroatoms. The molecule has 166 valence electrons. The van der Waals surface area contributed by atoms with Gasteiger partial charge in [-0.15, -0.1) is 0 Å². The molecule has 34 heavy (non-hydrogen) atoms. The third kappa shape index (κ3) is 3.61. The topological polar surface area (TPSA) is 107 Å². The molecule has 3 aromatic heterocycles. The number of benzene rings is 2. The predicted molar refractivity (Wildman–Crippen MR) is 130 cm³/mol. The Balaban J connectivity index is 1.21. The number of nitrogens with one attached hydrogen (secondary N) is 3. The van der Waals surface area contributed by atoms with Crippen molar-refractivity contribution in [3.05, 3.63) is 101 Å². The number of carbonyl (C=O) groups excluding carboxylic acids is 1. The van der Waals surface area contributed by atoms with Crippen LogP contribution in [0.3, 0.4) is 0 Å². The van der Waals surface area contributed by atoms with Crippen molar-refractivity contribution < 1.29 is 4.79 Å². The number of carbonyl (C=O) groups is 1. The molecule has 8 nitrogen and oxygen atoms in total. The van der Waals surface area contributed by atoms with Gasteiger partial charge in [-0.2, -0.15) is 5.10 Å². The van der Waals surface area contributed by atoms with E-state index in [0.717, 1.165) is 33.2 Å². The average molecular weight is 448 g/mol. The molecule has 0 bridgehead atoms. The van der Waals surface area contributed by atoms with Crippen LogP contribution in [0.4, 0.5) is 10.5 Å². The Morgan fingerprint density at radius 3 is 2.62 bits per heavy atom. The lowest BCUT2D eigenvalue weighted by molar-refractivity contribution is 0.212. The Morgan fingerprint density at radius 1 is 0.941 bits per heavy atom. The molecule has 0 saturated carbocycles. The number of urea groups is 1. The fourth-order valence-electron chi connectivity index (χ4n) is 4.28. The smallest absolute Gasteiger partial charge is 0.322 e. The molecule has 4 heterocycles. The largest absolute Gasteiger partial charge is 0.361 e. The van der Waals surface area contributed by atoms with E-state index >= 15 is 0 Å². The number of rotatable bonds is 3. The molecule has 1 aliphatic rings. The van der Waals surface area contributed by atoms with Crippen LogP contribution in [-0.4, -0.2) is 31.1 Å². The molecule has 0 saturated heterocycles. The highest BCUT2D eigenvalue weighted by Gasteiger charge is 2.23. The first kappa shape index (κ1) is 19.9. The quantitative estimate of drug-likeness (QED) is 0.377. The van der Waals surface area contributed by atoms with Gasteiger partial charge in [0.05, 0.1) is 11.3 Å². The zero-order valence-electron chi connectivity index (χ0n) is 18.1. The first-order chi connectivity index (χ1) is 16.6. The average Bonchev–Trinajstić information content (AvgIpc) is 3.51. The molecule has 0 aliphatic carbocycles. The van der Waals surface area contributed by atoms with E-state index in [1.807, 2.05) is 60.8 Å². The van der Waals surface area contributed by atoms with Crippen molar-refractivity contribution in [2.75, 3.05) is 5.32 Å². The molecule has 0 spiro atoms. The van der Waals surface area contributed by atoms with Gasteiger partial charge in [0, 0.05) is 48.4 Å². The molecule has 3 N–H and O–H groups in total. The van der Waals surface area contributed by atoms with Gasteiger partial charge in [0.1, 0.15) is 0 Å². The summed E-state index contributed by atoms with van der Waals surface area (Å²) in [5.41, 5.74) is 6.49. The first-order valence-corrected chi connectivity index (χ1v) is 10.9. The summed E-state index contributed by atoms with van der Waals surface area (Å²) in [7, 11) is 0. The van der Waals surface area contributed by atoms with E-state index in [0.29, 0.717) is 30.0 Å². The maximum absolute atomic E-state index is 12.7. The Hall–Kier alpha value is -4.72. The van der Waals surface area contributed by atoms with Crippen molar-refractivity contribution in [1.82, 2.24) is 25.1 Å². The normalized spacial score (nSPS) is 12.6. The molecule has 1 aliphatic heterocycles. The number of hydrogen-bond donors (Lipinski definition) is 3. The highest BCUT2D eigenvalue weighted by Crippen LogP contribution is 2.26. The Morgan fingerprint density at radius 2 is 1.76 bits per heavy atom. The molecule has 6 rings (SSSR count). The van der Waals surface area contributed by atoms with Gasteiger partial charge >= 0.3 is 6.03 Å². The number of amides is 2. The van der Waals surface area contributed by atoms with Crippen LogP contribution >= 0.6 is 0 Å². The number of fused-ring (bicyclic) bond motifs is 2. The fraction of sp³-hybridized carbons (Fsp3) is 0.0769. The highest BCUT2D eigenvalue weighted by atomic mass is 16.2. The number of hydrogen-bond acceptors (Lipinski definition) is 4. The highest BCUT2D eigenvalue weighted by molar-refractivity contribution is 5.90. The van der Waals surface area contributed by atoms with Gasteiger partial charge in [-0.3, -0.25) is 9.78 Å².